The number of fused-ring (bicyclic) bond motifs is 2. The van der Waals surface area contributed by atoms with Crippen LogP contribution in [0.1, 0.15) is 104 Å². The van der Waals surface area contributed by atoms with E-state index in [9.17, 15) is 50.6 Å². The van der Waals surface area contributed by atoms with Gasteiger partial charge in [-0.1, -0.05) is 64.7 Å². The van der Waals surface area contributed by atoms with Crippen LogP contribution in [-0.4, -0.2) is 81.5 Å². The van der Waals surface area contributed by atoms with E-state index < -0.39 is 53.7 Å². The van der Waals surface area contributed by atoms with Gasteiger partial charge in [-0.05, 0) is 61.8 Å². The number of halogens is 6. The van der Waals surface area contributed by atoms with E-state index in [0.717, 1.165) is 0 Å². The number of carbonyl (C=O) groups is 4. The second-order valence-electron chi connectivity index (χ2n) is 15.0. The van der Waals surface area contributed by atoms with E-state index in [1.807, 2.05) is 13.8 Å². The van der Waals surface area contributed by atoms with E-state index in [-0.39, 0.29) is 96.7 Å². The van der Waals surface area contributed by atoms with Gasteiger partial charge in [0.15, 0.2) is 22.6 Å². The summed E-state index contributed by atoms with van der Waals surface area (Å²) in [7, 11) is 1.46. The van der Waals surface area contributed by atoms with Gasteiger partial charge in [-0.2, -0.15) is 26.3 Å². The molecule has 0 aliphatic rings. The van der Waals surface area contributed by atoms with Crippen molar-refractivity contribution in [2.24, 2.45) is 11.8 Å². The number of ether oxygens (including phenoxy) is 2. The molecule has 3 N–H and O–H groups in total. The number of carbonyl (C=O) groups excluding carboxylic acids is 2. The molecule has 0 spiro atoms. The van der Waals surface area contributed by atoms with Gasteiger partial charge in [0, 0.05) is 31.0 Å². The summed E-state index contributed by atoms with van der Waals surface area (Å²) in [5, 5.41) is 27.0. The van der Waals surface area contributed by atoms with Crippen molar-refractivity contribution in [3.05, 3.63) is 46.8 Å². The number of hydrogen-bond donors (Lipinski definition) is 3. The summed E-state index contributed by atoms with van der Waals surface area (Å²) in [4.78, 5) is 48.0. The number of aryl methyl sites for hydroxylation is 2. The van der Waals surface area contributed by atoms with Crippen molar-refractivity contribution in [1.29, 1.82) is 0 Å². The van der Waals surface area contributed by atoms with Crippen LogP contribution >= 0.6 is 0 Å². The number of nitrogens with one attached hydrogen (secondary N) is 1. The predicted molar refractivity (Wildman–Crippen MR) is 210 cm³/mol. The molecule has 4 rings (SSSR count). The van der Waals surface area contributed by atoms with Crippen molar-refractivity contribution in [3.8, 4) is 11.5 Å². The van der Waals surface area contributed by atoms with Gasteiger partial charge in [0.25, 0.3) is 0 Å². The number of nitrogens with zero attached hydrogens (tertiary/aromatic N) is 3. The van der Waals surface area contributed by atoms with E-state index in [4.69, 9.17) is 23.6 Å². The molecule has 2 heterocycles. The molecule has 0 fully saturated rings. The molecule has 0 saturated carbocycles. The molecule has 4 aromatic rings. The van der Waals surface area contributed by atoms with Crippen LogP contribution in [0.2, 0.25) is 0 Å². The third-order valence-corrected chi connectivity index (χ3v) is 9.48. The first kappa shape index (κ1) is 53.6. The third-order valence-electron chi connectivity index (χ3n) is 9.48. The van der Waals surface area contributed by atoms with E-state index in [0.29, 0.717) is 61.2 Å². The maximum absolute atomic E-state index is 13.1. The van der Waals surface area contributed by atoms with Crippen LogP contribution < -0.4 is 44.3 Å². The first-order chi connectivity index (χ1) is 28.5. The smallest absolute Gasteiger partial charge is 1.00 e. The van der Waals surface area contributed by atoms with E-state index >= 15 is 0 Å². The van der Waals surface area contributed by atoms with Crippen LogP contribution in [0.5, 0.6) is 11.5 Å². The average Bonchev–Trinajstić information content (AvgIpc) is 3.81. The third kappa shape index (κ3) is 14.2. The zero-order chi connectivity index (χ0) is 45.8. The van der Waals surface area contributed by atoms with Gasteiger partial charge in [-0.15, -0.1) is 0 Å². The number of amides is 2. The number of hydrogen-bond acceptors (Lipinski definition) is 10. The number of aliphatic carboxylic acids is 2. The maximum Gasteiger partial charge on any atom is 1.00 e. The molecule has 21 heteroatoms. The normalized spacial score (nSPS) is 12.7. The molecule has 2 aromatic heterocycles. The molecule has 0 bridgehead atoms. The van der Waals surface area contributed by atoms with Gasteiger partial charge in [0.2, 0.25) is 11.8 Å². The Hall–Kier alpha value is -4.56. The quantitative estimate of drug-likeness (QED) is 0.0547. The molecule has 0 radical (unpaired) electrons. The van der Waals surface area contributed by atoms with Crippen LogP contribution in [0.25, 0.3) is 21.9 Å². The number of benzene rings is 2. The Labute approximate surface area is 377 Å². The van der Waals surface area contributed by atoms with Crippen LogP contribution in [0, 0.1) is 11.8 Å². The number of carboxylic acid groups (broad SMARTS) is 2. The molecule has 2 aromatic carbocycles. The van der Waals surface area contributed by atoms with Gasteiger partial charge in [-0.25, -0.2) is 9.59 Å². The fourth-order valence-electron chi connectivity index (χ4n) is 6.54. The molecule has 340 valence electrons. The standard InChI is InChI=1S/C21H27F3N2O5.C20H25F3N2O5.Na.H/c1-5-7-13-15(10-9-14-18(13)31-25-19(14)21(22,23)24)30-11-6-8-16(27)26(4)17(12(2)3)20(28)29;1-4-6-12-14(9-8-13-17(12)30-25-18(13)20(21,22)23)29-10-5-7-15(26)24-16(11(2)3)19(27)28;;/h9-10,12,17H,5-8,11H2,1-4H3,(H,28,29);8-9,11,16H,4-7,10H2,1-3H3,(H,24,26)(H,27,28);;/q;;+1;-1. The molecule has 2 unspecified atom stereocenters. The van der Waals surface area contributed by atoms with Gasteiger partial charge in [-0.3, -0.25) is 9.59 Å². The summed E-state index contributed by atoms with van der Waals surface area (Å²) in [6.07, 6.45) is -6.27. The SMILES string of the molecule is CCCc1c(OCCCC(=O)N(C)C(C(=O)O)C(C)C)ccc2c(C(F)(F)F)noc12.CCCc1c(OCCCC(=O)NC(C(=O)O)C(C)C)ccc2c(C(F)(F)F)noc12.[H-].[Na+]. The molecule has 2 amide bonds. The predicted octanol–water partition coefficient (Wildman–Crippen LogP) is 5.83. The van der Waals surface area contributed by atoms with Crippen molar-refractivity contribution in [2.45, 2.75) is 117 Å². The number of rotatable bonds is 20. The Balaban J connectivity index is 0.000000611. The van der Waals surface area contributed by atoms with Crippen molar-refractivity contribution in [1.82, 2.24) is 20.5 Å². The second kappa shape index (κ2) is 23.8. The molecule has 2 atom stereocenters. The second-order valence-corrected chi connectivity index (χ2v) is 15.0. The number of likely N-dealkylation sites (N-methyl/N-ethyl adjacent to an activating group) is 1. The minimum absolute atomic E-state index is 0. The van der Waals surface area contributed by atoms with Crippen molar-refractivity contribution in [3.63, 3.8) is 0 Å². The van der Waals surface area contributed by atoms with Crippen molar-refractivity contribution >= 4 is 45.7 Å². The van der Waals surface area contributed by atoms with Crippen molar-refractivity contribution in [2.75, 3.05) is 20.3 Å². The fourth-order valence-corrected chi connectivity index (χ4v) is 6.54. The van der Waals surface area contributed by atoms with E-state index in [1.165, 1.54) is 36.2 Å². The van der Waals surface area contributed by atoms with E-state index in [1.54, 1.807) is 27.7 Å². The minimum atomic E-state index is -4.62. The topological polar surface area (TPSA) is 195 Å². The first-order valence-electron chi connectivity index (χ1n) is 19.8. The van der Waals surface area contributed by atoms with Crippen molar-refractivity contribution < 1.29 is 105 Å². The monoisotopic (exact) mass is 898 g/mol. The summed E-state index contributed by atoms with van der Waals surface area (Å²) < 4.78 is 99.8. The molecule has 62 heavy (non-hydrogen) atoms. The zero-order valence-electron chi connectivity index (χ0n) is 37.0. The molecular formula is C41H53F6N4NaO10. The van der Waals surface area contributed by atoms with Gasteiger partial charge < -0.3 is 40.4 Å². The largest absolute Gasteiger partial charge is 1.00 e. The van der Waals surface area contributed by atoms with Gasteiger partial charge in [0.05, 0.1) is 24.0 Å². The summed E-state index contributed by atoms with van der Waals surface area (Å²) in [6, 6.07) is 3.54. The number of alkyl halides is 6. The number of carboxylic acids is 2. The van der Waals surface area contributed by atoms with Gasteiger partial charge in [0.1, 0.15) is 23.6 Å². The molecule has 0 aliphatic heterocycles. The molecular weight excluding hydrogens is 845 g/mol. The fraction of sp³-hybridized carbons (Fsp3) is 0.561. The summed E-state index contributed by atoms with van der Waals surface area (Å²) >= 11 is 0. The molecule has 0 aliphatic carbocycles. The van der Waals surface area contributed by atoms with E-state index in [2.05, 4.69) is 15.6 Å². The Bertz CT molecular complexity index is 2130. The van der Waals surface area contributed by atoms with Crippen LogP contribution in [0.3, 0.4) is 0 Å². The Kier molecular flexibility index (Phi) is 20.5. The maximum atomic E-state index is 13.1. The summed E-state index contributed by atoms with van der Waals surface area (Å²) in [5.74, 6) is -2.63. The zero-order valence-corrected chi connectivity index (χ0v) is 38.0. The summed E-state index contributed by atoms with van der Waals surface area (Å²) in [6.45, 7) is 10.9. The average molecular weight is 899 g/mol. The van der Waals surface area contributed by atoms with Crippen LogP contribution in [0.15, 0.2) is 33.3 Å². The minimum Gasteiger partial charge on any atom is -1.00 e. The Morgan fingerprint density at radius 1 is 0.742 bits per heavy atom. The van der Waals surface area contributed by atoms with Gasteiger partial charge >= 0.3 is 53.8 Å². The molecule has 0 saturated heterocycles. The Morgan fingerprint density at radius 2 is 1.18 bits per heavy atom. The summed E-state index contributed by atoms with van der Waals surface area (Å²) in [5.41, 5.74) is -1.07. The van der Waals surface area contributed by atoms with Crippen LogP contribution in [0.4, 0.5) is 26.3 Å². The molecule has 14 nitrogen and oxygen atoms in total. The Morgan fingerprint density at radius 3 is 1.53 bits per heavy atom. The van der Waals surface area contributed by atoms with Crippen LogP contribution in [-0.2, 0) is 44.4 Å². The number of aromatic nitrogens is 2. The first-order valence-corrected chi connectivity index (χ1v) is 19.8.